The molecule has 0 unspecified atom stereocenters. The minimum Gasteiger partial charge on any atom is -0.494 e. The van der Waals surface area contributed by atoms with E-state index in [4.69, 9.17) is 10.5 Å². The lowest BCUT2D eigenvalue weighted by molar-refractivity contribution is -0.152. The first kappa shape index (κ1) is 28.9. The van der Waals surface area contributed by atoms with E-state index in [9.17, 15) is 24.3 Å². The Hall–Kier alpha value is -3.15. The van der Waals surface area contributed by atoms with Crippen molar-refractivity contribution in [3.05, 3.63) is 26.4 Å². The van der Waals surface area contributed by atoms with Gasteiger partial charge in [-0.1, -0.05) is 12.8 Å². The molecule has 3 N–H and O–H groups in total. The van der Waals surface area contributed by atoms with Gasteiger partial charge in [0, 0.05) is 38.1 Å². The molecule has 3 saturated carbocycles. The number of hydrogen-bond acceptors (Lipinski definition) is 7. The van der Waals surface area contributed by atoms with Gasteiger partial charge in [-0.3, -0.25) is 28.6 Å². The number of aromatic hydroxyl groups is 1. The fourth-order valence-corrected chi connectivity index (χ4v) is 8.30. The van der Waals surface area contributed by atoms with E-state index in [1.54, 1.807) is 11.9 Å². The smallest absolute Gasteiger partial charge is 0.334 e. The molecular weight excluding hydrogens is 540 g/mol. The Morgan fingerprint density at radius 3 is 2.24 bits per heavy atom. The first-order valence-electron chi connectivity index (χ1n) is 15.6. The highest BCUT2D eigenvalue weighted by Gasteiger charge is 2.68. The van der Waals surface area contributed by atoms with Gasteiger partial charge in [-0.05, 0) is 76.5 Å². The van der Waals surface area contributed by atoms with E-state index in [0.717, 1.165) is 38.5 Å². The molecule has 42 heavy (non-hydrogen) atoms. The molecule has 12 nitrogen and oxygen atoms in total. The molecule has 2 saturated heterocycles. The number of carbonyl (C=O) groups is 2. The molecule has 5 aliphatic rings. The first-order valence-corrected chi connectivity index (χ1v) is 15.6. The third-order valence-corrected chi connectivity index (χ3v) is 10.5. The highest BCUT2D eigenvalue weighted by atomic mass is 16.5. The van der Waals surface area contributed by atoms with Crippen molar-refractivity contribution in [2.24, 2.45) is 28.0 Å². The number of rotatable bonds is 7. The van der Waals surface area contributed by atoms with Gasteiger partial charge in [-0.25, -0.2) is 9.59 Å². The number of amidine groups is 1. The number of aliphatic imine (C=N–C) groups is 1. The van der Waals surface area contributed by atoms with Crippen LogP contribution in [0.3, 0.4) is 0 Å². The Balaban J connectivity index is 1.26. The molecule has 1 aromatic heterocycles. The minimum atomic E-state index is -0.799. The second-order valence-electron chi connectivity index (χ2n) is 13.8. The predicted octanol–water partition coefficient (Wildman–Crippen LogP) is 2.19. The zero-order chi connectivity index (χ0) is 30.0. The summed E-state index contributed by atoms with van der Waals surface area (Å²) >= 11 is 0. The second-order valence-corrected chi connectivity index (χ2v) is 13.8. The quantitative estimate of drug-likeness (QED) is 0.283. The van der Waals surface area contributed by atoms with E-state index >= 15 is 0 Å². The molecule has 3 heterocycles. The Labute approximate surface area is 245 Å². The maximum absolute atomic E-state index is 13.8. The van der Waals surface area contributed by atoms with Gasteiger partial charge < -0.3 is 20.5 Å². The SMILES string of the molecule is CC(C)N=C(N)c1c(O)n(CC2CCCC2)c(=O)n(C2CCC3(CC2)CC2(C3)C(=O)N(C)C(=O)N2CC2COC2)c1=O. The van der Waals surface area contributed by atoms with Gasteiger partial charge in [0.15, 0.2) is 0 Å². The van der Waals surface area contributed by atoms with Gasteiger partial charge in [0.1, 0.15) is 16.9 Å². The molecule has 0 aromatic carbocycles. The van der Waals surface area contributed by atoms with Gasteiger partial charge in [0.25, 0.3) is 11.5 Å². The van der Waals surface area contributed by atoms with Crippen molar-refractivity contribution in [1.29, 1.82) is 0 Å². The van der Waals surface area contributed by atoms with E-state index in [0.29, 0.717) is 52.0 Å². The first-order chi connectivity index (χ1) is 20.0. The second kappa shape index (κ2) is 10.5. The van der Waals surface area contributed by atoms with Gasteiger partial charge in [0.05, 0.1) is 13.2 Å². The molecule has 2 aliphatic heterocycles. The van der Waals surface area contributed by atoms with E-state index < -0.39 is 22.7 Å². The molecule has 6 rings (SSSR count). The molecule has 2 spiro atoms. The maximum atomic E-state index is 13.8. The van der Waals surface area contributed by atoms with Crippen molar-refractivity contribution in [2.45, 2.75) is 102 Å². The lowest BCUT2D eigenvalue weighted by Gasteiger charge is -2.58. The van der Waals surface area contributed by atoms with Crippen LogP contribution in [-0.2, 0) is 16.1 Å². The van der Waals surface area contributed by atoms with E-state index in [1.807, 2.05) is 13.8 Å². The van der Waals surface area contributed by atoms with Crippen LogP contribution in [0.1, 0.15) is 89.7 Å². The largest absolute Gasteiger partial charge is 0.494 e. The van der Waals surface area contributed by atoms with Crippen LogP contribution in [0.4, 0.5) is 4.79 Å². The number of aromatic nitrogens is 2. The predicted molar refractivity (Wildman–Crippen MR) is 156 cm³/mol. The average molecular weight is 585 g/mol. The summed E-state index contributed by atoms with van der Waals surface area (Å²) in [5.74, 6) is -0.0646. The number of hydrogen-bond donors (Lipinski definition) is 2. The van der Waals surface area contributed by atoms with Crippen molar-refractivity contribution in [3.8, 4) is 5.88 Å². The summed E-state index contributed by atoms with van der Waals surface area (Å²) in [4.78, 5) is 61.3. The Kier molecular flexibility index (Phi) is 7.26. The molecule has 0 atom stereocenters. The Bertz CT molecular complexity index is 1400. The molecule has 5 fully saturated rings. The van der Waals surface area contributed by atoms with E-state index in [-0.39, 0.29) is 52.7 Å². The van der Waals surface area contributed by atoms with Gasteiger partial charge in [-0.2, -0.15) is 0 Å². The zero-order valence-electron chi connectivity index (χ0n) is 25.0. The van der Waals surface area contributed by atoms with Crippen LogP contribution in [0.5, 0.6) is 5.88 Å². The molecular formula is C30H44N6O6. The van der Waals surface area contributed by atoms with Crippen LogP contribution in [-0.4, -0.2) is 80.2 Å². The van der Waals surface area contributed by atoms with Gasteiger partial charge >= 0.3 is 11.7 Å². The number of nitrogens with zero attached hydrogens (tertiary/aromatic N) is 5. The number of nitrogens with two attached hydrogens (primary N) is 1. The van der Waals surface area contributed by atoms with Crippen molar-refractivity contribution < 1.29 is 19.4 Å². The minimum absolute atomic E-state index is 0.0554. The summed E-state index contributed by atoms with van der Waals surface area (Å²) in [7, 11) is 1.56. The highest BCUT2D eigenvalue weighted by molar-refractivity contribution is 6.07. The number of carbonyl (C=O) groups excluding carboxylic acids is 2. The number of amides is 3. The van der Waals surface area contributed by atoms with Crippen LogP contribution in [0.25, 0.3) is 0 Å². The number of urea groups is 1. The van der Waals surface area contributed by atoms with Gasteiger partial charge in [-0.15, -0.1) is 0 Å². The fraction of sp³-hybridized carbons (Fsp3) is 0.767. The molecule has 3 aliphatic carbocycles. The zero-order valence-corrected chi connectivity index (χ0v) is 25.0. The Morgan fingerprint density at radius 2 is 1.67 bits per heavy atom. The summed E-state index contributed by atoms with van der Waals surface area (Å²) in [6.45, 7) is 5.77. The highest BCUT2D eigenvalue weighted by Crippen LogP contribution is 2.62. The summed E-state index contributed by atoms with van der Waals surface area (Å²) in [5, 5.41) is 11.2. The maximum Gasteiger partial charge on any atom is 0.334 e. The average Bonchev–Trinajstić information content (AvgIpc) is 3.47. The van der Waals surface area contributed by atoms with Crippen molar-refractivity contribution in [3.63, 3.8) is 0 Å². The van der Waals surface area contributed by atoms with Crippen LogP contribution in [0, 0.1) is 17.3 Å². The lowest BCUT2D eigenvalue weighted by Crippen LogP contribution is -2.65. The topological polar surface area (TPSA) is 152 Å². The molecule has 12 heteroatoms. The number of ether oxygens (including phenoxy) is 1. The lowest BCUT2D eigenvalue weighted by atomic mass is 9.51. The Morgan fingerprint density at radius 1 is 1.02 bits per heavy atom. The van der Waals surface area contributed by atoms with Gasteiger partial charge in [0.2, 0.25) is 5.88 Å². The summed E-state index contributed by atoms with van der Waals surface area (Å²) in [6, 6.07) is -0.768. The van der Waals surface area contributed by atoms with Crippen LogP contribution >= 0.6 is 0 Å². The number of likely N-dealkylation sites (N-methyl/N-ethyl adjacent to an activating group) is 1. The standard InChI is InChI=1S/C30H44N6O6/c1-18(2)32-23(31)22-24(37)34(12-19-6-4-5-7-19)28(41)36(25(22)38)21-8-10-29(11-9-21)16-30(17-29)26(39)33(3)27(40)35(30)13-20-14-42-15-20/h18-21,37H,4-17H2,1-3H3,(H2,31,32). The normalized spacial score (nSPS) is 30.7. The molecule has 3 amide bonds. The van der Waals surface area contributed by atoms with Crippen molar-refractivity contribution in [2.75, 3.05) is 26.8 Å². The van der Waals surface area contributed by atoms with Crippen LogP contribution < -0.4 is 17.0 Å². The van der Waals surface area contributed by atoms with Crippen LogP contribution in [0.15, 0.2) is 14.6 Å². The van der Waals surface area contributed by atoms with E-state index in [1.165, 1.54) is 14.0 Å². The van der Waals surface area contributed by atoms with Crippen LogP contribution in [0.2, 0.25) is 0 Å². The summed E-state index contributed by atoms with van der Waals surface area (Å²) < 4.78 is 7.94. The van der Waals surface area contributed by atoms with Crippen molar-refractivity contribution in [1.82, 2.24) is 18.9 Å². The third kappa shape index (κ3) is 4.57. The molecule has 230 valence electrons. The molecule has 0 radical (unpaired) electrons. The van der Waals surface area contributed by atoms with E-state index in [2.05, 4.69) is 4.99 Å². The summed E-state index contributed by atoms with van der Waals surface area (Å²) in [6.07, 6.45) is 8.00. The molecule has 1 aromatic rings. The number of imide groups is 1. The molecule has 0 bridgehead atoms. The summed E-state index contributed by atoms with van der Waals surface area (Å²) in [5.41, 5.74) is 4.14. The fourth-order valence-electron chi connectivity index (χ4n) is 8.30. The third-order valence-electron chi connectivity index (χ3n) is 10.5. The van der Waals surface area contributed by atoms with Crippen molar-refractivity contribution >= 4 is 17.8 Å². The monoisotopic (exact) mass is 584 g/mol.